The third-order valence-corrected chi connectivity index (χ3v) is 6.73. The zero-order valence-electron chi connectivity index (χ0n) is 14.0. The summed E-state index contributed by atoms with van der Waals surface area (Å²) in [4.78, 5) is -0.00792. The molecule has 0 saturated carbocycles. The van der Waals surface area contributed by atoms with Crippen molar-refractivity contribution in [3.63, 3.8) is 0 Å². The van der Waals surface area contributed by atoms with Gasteiger partial charge in [-0.05, 0) is 49.6 Å². The molecule has 0 spiro atoms. The molecule has 0 bridgehead atoms. The largest absolute Gasteiger partial charge is 0.411 e. The highest BCUT2D eigenvalue weighted by Crippen LogP contribution is 2.44. The van der Waals surface area contributed by atoms with Crippen LogP contribution in [0.25, 0.3) is 0 Å². The van der Waals surface area contributed by atoms with Crippen molar-refractivity contribution >= 4 is 16.1 Å². The van der Waals surface area contributed by atoms with Crippen LogP contribution in [0.3, 0.4) is 0 Å². The van der Waals surface area contributed by atoms with Gasteiger partial charge in [0, 0.05) is 11.8 Å². The molecular formula is C19H19F2NO3S. The maximum Gasteiger partial charge on any atom is 0.188 e. The summed E-state index contributed by atoms with van der Waals surface area (Å²) in [6.45, 7) is 3.59. The highest BCUT2D eigenvalue weighted by Gasteiger charge is 2.46. The van der Waals surface area contributed by atoms with Crippen LogP contribution in [0.5, 0.6) is 0 Å². The molecule has 0 radical (unpaired) electrons. The summed E-state index contributed by atoms with van der Waals surface area (Å²) in [5.41, 5.74) is -0.271. The Kier molecular flexibility index (Phi) is 6.26. The molecule has 26 heavy (non-hydrogen) atoms. The first-order chi connectivity index (χ1) is 12.4. The molecule has 1 unspecified atom stereocenters. The summed E-state index contributed by atoms with van der Waals surface area (Å²) < 4.78 is 53.6. The highest BCUT2D eigenvalue weighted by molar-refractivity contribution is 7.92. The fourth-order valence-corrected chi connectivity index (χ4v) is 5.13. The molecule has 0 aliphatic rings. The Morgan fingerprint density at radius 2 is 1.85 bits per heavy atom. The Morgan fingerprint density at radius 1 is 1.15 bits per heavy atom. The van der Waals surface area contributed by atoms with Gasteiger partial charge in [-0.1, -0.05) is 24.3 Å². The van der Waals surface area contributed by atoms with Crippen molar-refractivity contribution < 1.29 is 22.4 Å². The first-order valence-electron chi connectivity index (χ1n) is 7.91. The van der Waals surface area contributed by atoms with Crippen LogP contribution in [0.15, 0.2) is 71.2 Å². The predicted octanol–water partition coefficient (Wildman–Crippen LogP) is 4.45. The summed E-state index contributed by atoms with van der Waals surface area (Å²) in [7, 11) is -4.12. The monoisotopic (exact) mass is 379 g/mol. The van der Waals surface area contributed by atoms with Crippen molar-refractivity contribution in [1.29, 1.82) is 0 Å². The lowest BCUT2D eigenvalue weighted by Gasteiger charge is -2.33. The molecule has 0 aromatic heterocycles. The van der Waals surface area contributed by atoms with Crippen LogP contribution >= 0.6 is 0 Å². The van der Waals surface area contributed by atoms with Gasteiger partial charge in [0.15, 0.2) is 9.84 Å². The molecule has 0 aliphatic heterocycles. The maximum atomic E-state index is 14.6. The van der Waals surface area contributed by atoms with Gasteiger partial charge in [-0.2, -0.15) is 0 Å². The topological polar surface area (TPSA) is 66.7 Å². The third kappa shape index (κ3) is 3.67. The number of nitrogens with zero attached hydrogens (tertiary/aromatic N) is 1. The van der Waals surface area contributed by atoms with E-state index in [2.05, 4.69) is 11.7 Å². The predicted molar refractivity (Wildman–Crippen MR) is 96.0 cm³/mol. The first-order valence-corrected chi connectivity index (χ1v) is 9.39. The molecule has 0 aliphatic carbocycles. The number of benzene rings is 2. The smallest absolute Gasteiger partial charge is 0.188 e. The van der Waals surface area contributed by atoms with Crippen molar-refractivity contribution in [2.75, 3.05) is 0 Å². The average Bonchev–Trinajstić information content (AvgIpc) is 2.64. The number of oxime groups is 1. The fraction of sp³-hybridized carbons (Fsp3) is 0.211. The van der Waals surface area contributed by atoms with E-state index in [0.29, 0.717) is 0 Å². The fourth-order valence-electron chi connectivity index (χ4n) is 3.00. The van der Waals surface area contributed by atoms with E-state index in [0.717, 1.165) is 24.4 Å². The number of allylic oxidation sites excluding steroid dienone is 1. The normalized spacial score (nSPS) is 14.2. The van der Waals surface area contributed by atoms with E-state index in [1.54, 1.807) is 18.2 Å². The first kappa shape index (κ1) is 19.8. The summed E-state index contributed by atoms with van der Waals surface area (Å²) >= 11 is 0. The highest BCUT2D eigenvalue weighted by atomic mass is 32.2. The van der Waals surface area contributed by atoms with Crippen LogP contribution in [-0.2, 0) is 14.6 Å². The Labute approximate surface area is 151 Å². The van der Waals surface area contributed by atoms with E-state index in [-0.39, 0.29) is 29.7 Å². The summed E-state index contributed by atoms with van der Waals surface area (Å²) in [5.74, 6) is -1.57. The van der Waals surface area contributed by atoms with Gasteiger partial charge in [-0.25, -0.2) is 17.2 Å². The number of hydrogen-bond acceptors (Lipinski definition) is 4. The number of hydrogen-bond donors (Lipinski definition) is 1. The summed E-state index contributed by atoms with van der Waals surface area (Å²) in [6.07, 6.45) is 2.29. The van der Waals surface area contributed by atoms with Crippen LogP contribution in [0.4, 0.5) is 8.78 Å². The van der Waals surface area contributed by atoms with E-state index in [9.17, 15) is 17.2 Å². The van der Waals surface area contributed by atoms with Crippen LogP contribution in [0.2, 0.25) is 0 Å². The Hall–Kier alpha value is -2.54. The van der Waals surface area contributed by atoms with Crippen molar-refractivity contribution in [3.05, 3.63) is 78.4 Å². The van der Waals surface area contributed by atoms with Gasteiger partial charge in [0.1, 0.15) is 16.4 Å². The lowest BCUT2D eigenvalue weighted by Crippen LogP contribution is -2.37. The van der Waals surface area contributed by atoms with Crippen molar-refractivity contribution in [2.45, 2.75) is 28.9 Å². The number of sulfone groups is 1. The van der Waals surface area contributed by atoms with Gasteiger partial charge in [0.05, 0.1) is 4.90 Å². The summed E-state index contributed by atoms with van der Waals surface area (Å²) in [5, 5.41) is 11.5. The molecule has 2 aromatic rings. The molecule has 0 heterocycles. The van der Waals surface area contributed by atoms with Crippen LogP contribution in [0.1, 0.15) is 24.8 Å². The molecule has 4 nitrogen and oxygen atoms in total. The van der Waals surface area contributed by atoms with Crippen molar-refractivity contribution in [2.24, 2.45) is 5.16 Å². The molecule has 0 amide bonds. The van der Waals surface area contributed by atoms with Gasteiger partial charge < -0.3 is 5.21 Å². The standard InChI is InChI=1S/C19H19F2NO3S/c1-2-11-19(12-6-13-22-23,17-14-15(20)9-10-18(17)21)26(24,25)16-7-4-3-5-8-16/h2-5,7-10,13-14,23H,1,6,11-12H2/b22-13+. The Balaban J connectivity index is 2.78. The zero-order chi connectivity index (χ0) is 19.2. The number of halogens is 2. The average molecular weight is 379 g/mol. The van der Waals surface area contributed by atoms with Gasteiger partial charge in [0.2, 0.25) is 0 Å². The van der Waals surface area contributed by atoms with E-state index in [4.69, 9.17) is 5.21 Å². The SMILES string of the molecule is C=CCC(CC/C=N/O)(c1cc(F)ccc1F)S(=O)(=O)c1ccccc1. The summed E-state index contributed by atoms with van der Waals surface area (Å²) in [6, 6.07) is 10.3. The van der Waals surface area contributed by atoms with Crippen LogP contribution < -0.4 is 0 Å². The van der Waals surface area contributed by atoms with E-state index >= 15 is 0 Å². The molecular weight excluding hydrogens is 360 g/mol. The number of rotatable bonds is 8. The second-order valence-corrected chi connectivity index (χ2v) is 8.02. The third-order valence-electron chi connectivity index (χ3n) is 4.22. The van der Waals surface area contributed by atoms with Gasteiger partial charge in [0.25, 0.3) is 0 Å². The molecule has 1 N–H and O–H groups in total. The maximum absolute atomic E-state index is 14.6. The minimum Gasteiger partial charge on any atom is -0.411 e. The molecule has 0 saturated heterocycles. The minimum atomic E-state index is -4.12. The van der Waals surface area contributed by atoms with Gasteiger partial charge in [-0.15, -0.1) is 11.7 Å². The van der Waals surface area contributed by atoms with Crippen LogP contribution in [-0.4, -0.2) is 19.8 Å². The lowest BCUT2D eigenvalue weighted by molar-refractivity contribution is 0.320. The lowest BCUT2D eigenvalue weighted by atomic mass is 9.89. The van der Waals surface area contributed by atoms with E-state index < -0.39 is 26.2 Å². The molecule has 2 aromatic carbocycles. The zero-order valence-corrected chi connectivity index (χ0v) is 14.8. The molecule has 0 fully saturated rings. The molecule has 2 rings (SSSR count). The van der Waals surface area contributed by atoms with E-state index in [1.807, 2.05) is 0 Å². The molecule has 1 atom stereocenters. The van der Waals surface area contributed by atoms with E-state index in [1.165, 1.54) is 18.2 Å². The van der Waals surface area contributed by atoms with Gasteiger partial charge in [-0.3, -0.25) is 0 Å². The molecule has 138 valence electrons. The van der Waals surface area contributed by atoms with Crippen molar-refractivity contribution in [3.8, 4) is 0 Å². The van der Waals surface area contributed by atoms with Crippen LogP contribution in [0, 0.1) is 11.6 Å². The second-order valence-electron chi connectivity index (χ2n) is 5.76. The second kappa shape index (κ2) is 8.23. The van der Waals surface area contributed by atoms with Gasteiger partial charge >= 0.3 is 0 Å². The molecule has 7 heteroatoms. The van der Waals surface area contributed by atoms with Crippen molar-refractivity contribution in [1.82, 2.24) is 0 Å². The minimum absolute atomic E-state index is 0.00792. The quantitative estimate of drug-likeness (QED) is 0.319. The Morgan fingerprint density at radius 3 is 2.46 bits per heavy atom. The Bertz CT molecular complexity index is 898.